The molecule has 16 heavy (non-hydrogen) atoms. The highest BCUT2D eigenvalue weighted by atomic mass is 127. The van der Waals surface area contributed by atoms with Crippen LogP contribution in [0.15, 0.2) is 24.4 Å². The summed E-state index contributed by atoms with van der Waals surface area (Å²) in [5, 5.41) is 3.18. The van der Waals surface area contributed by atoms with Crippen molar-refractivity contribution < 1.29 is 4.39 Å². The van der Waals surface area contributed by atoms with Crippen molar-refractivity contribution in [2.45, 2.75) is 6.54 Å². The first-order valence-corrected chi connectivity index (χ1v) is 6.71. The molecule has 0 saturated heterocycles. The molecule has 2 nitrogen and oxygen atoms in total. The quantitative estimate of drug-likeness (QED) is 0.823. The molecule has 0 saturated carbocycles. The van der Waals surface area contributed by atoms with E-state index in [0.717, 1.165) is 10.6 Å². The molecule has 0 fully saturated rings. The second-order valence-corrected chi connectivity index (χ2v) is 5.92. The summed E-state index contributed by atoms with van der Waals surface area (Å²) in [4.78, 5) is 4.99. The van der Waals surface area contributed by atoms with Gasteiger partial charge in [-0.25, -0.2) is 9.37 Å². The second-order valence-electron chi connectivity index (χ2n) is 3.06. The summed E-state index contributed by atoms with van der Waals surface area (Å²) in [7, 11) is 0. The number of hydrogen-bond donors (Lipinski definition) is 1. The fourth-order valence-electron chi connectivity index (χ4n) is 1.16. The number of benzene rings is 1. The summed E-state index contributed by atoms with van der Waals surface area (Å²) in [5.41, 5.74) is 0.885. The molecule has 2 rings (SSSR count). The summed E-state index contributed by atoms with van der Waals surface area (Å²) >= 11 is 9.11. The van der Waals surface area contributed by atoms with Gasteiger partial charge >= 0.3 is 0 Å². The predicted molar refractivity (Wildman–Crippen MR) is 73.6 cm³/mol. The molecule has 1 heterocycles. The molecule has 0 aliphatic heterocycles. The van der Waals surface area contributed by atoms with Crippen LogP contribution in [-0.4, -0.2) is 4.98 Å². The third kappa shape index (κ3) is 3.05. The average Bonchev–Trinajstić information content (AvgIpc) is 2.66. The monoisotopic (exact) mass is 368 g/mol. The van der Waals surface area contributed by atoms with E-state index in [4.69, 9.17) is 11.6 Å². The Morgan fingerprint density at radius 3 is 2.94 bits per heavy atom. The van der Waals surface area contributed by atoms with Crippen LogP contribution in [-0.2, 0) is 6.54 Å². The van der Waals surface area contributed by atoms with Gasteiger partial charge in [0.05, 0.1) is 10.1 Å². The van der Waals surface area contributed by atoms with Crippen LogP contribution in [0.3, 0.4) is 0 Å². The number of hydrogen-bond acceptors (Lipinski definition) is 3. The van der Waals surface area contributed by atoms with E-state index in [-0.39, 0.29) is 5.82 Å². The molecule has 2 aromatic rings. The van der Waals surface area contributed by atoms with Crippen LogP contribution in [0.2, 0.25) is 4.47 Å². The molecule has 1 N–H and O–H groups in total. The Labute approximate surface area is 115 Å². The molecule has 84 valence electrons. The van der Waals surface area contributed by atoms with Crippen molar-refractivity contribution >= 4 is 51.2 Å². The molecular weight excluding hydrogens is 362 g/mol. The molecule has 0 unspecified atom stereocenters. The number of halogens is 3. The topological polar surface area (TPSA) is 24.9 Å². The lowest BCUT2D eigenvalue weighted by Crippen LogP contribution is -1.98. The summed E-state index contributed by atoms with van der Waals surface area (Å²) in [6.07, 6.45) is 1.73. The Balaban J connectivity index is 2.02. The van der Waals surface area contributed by atoms with Gasteiger partial charge in [0.1, 0.15) is 5.82 Å². The molecule has 0 amide bonds. The van der Waals surface area contributed by atoms with Gasteiger partial charge in [-0.2, -0.15) is 0 Å². The predicted octanol–water partition coefficient (Wildman–Crippen LogP) is 4.15. The summed E-state index contributed by atoms with van der Waals surface area (Å²) < 4.78 is 14.1. The maximum absolute atomic E-state index is 13.0. The lowest BCUT2D eigenvalue weighted by atomic mass is 10.3. The van der Waals surface area contributed by atoms with E-state index >= 15 is 0 Å². The van der Waals surface area contributed by atoms with Crippen molar-refractivity contribution in [1.82, 2.24) is 4.98 Å². The second kappa shape index (κ2) is 5.29. The number of anilines is 1. The van der Waals surface area contributed by atoms with Gasteiger partial charge in [-0.15, -0.1) is 11.3 Å². The van der Waals surface area contributed by atoms with Crippen LogP contribution in [0.4, 0.5) is 10.1 Å². The van der Waals surface area contributed by atoms with Crippen molar-refractivity contribution in [1.29, 1.82) is 0 Å². The van der Waals surface area contributed by atoms with Gasteiger partial charge in [-0.1, -0.05) is 11.6 Å². The van der Waals surface area contributed by atoms with Crippen LogP contribution >= 0.6 is 45.5 Å². The number of nitrogens with one attached hydrogen (secondary N) is 1. The van der Waals surface area contributed by atoms with Crippen LogP contribution in [0.1, 0.15) is 4.88 Å². The highest BCUT2D eigenvalue weighted by Gasteiger charge is 2.02. The molecule has 0 atom stereocenters. The summed E-state index contributed by atoms with van der Waals surface area (Å²) in [5.74, 6) is -0.202. The first-order chi connectivity index (χ1) is 7.65. The summed E-state index contributed by atoms with van der Waals surface area (Å²) in [6, 6.07) is 4.92. The zero-order valence-corrected chi connectivity index (χ0v) is 11.7. The van der Waals surface area contributed by atoms with E-state index in [1.807, 2.05) is 22.6 Å². The fraction of sp³-hybridized carbons (Fsp3) is 0.100. The van der Waals surface area contributed by atoms with Crippen molar-refractivity contribution in [2.75, 3.05) is 5.32 Å². The van der Waals surface area contributed by atoms with Gasteiger partial charge in [-0.3, -0.25) is 0 Å². The zero-order chi connectivity index (χ0) is 11.5. The lowest BCUT2D eigenvalue weighted by molar-refractivity contribution is 0.620. The first-order valence-electron chi connectivity index (χ1n) is 4.44. The van der Waals surface area contributed by atoms with Gasteiger partial charge < -0.3 is 5.32 Å². The molecule has 1 aromatic heterocycles. The van der Waals surface area contributed by atoms with Crippen molar-refractivity contribution in [2.24, 2.45) is 0 Å². The number of aromatic nitrogens is 1. The maximum atomic E-state index is 13.0. The van der Waals surface area contributed by atoms with Gasteiger partial charge in [-0.05, 0) is 40.8 Å². The van der Waals surface area contributed by atoms with Crippen molar-refractivity contribution in [3.63, 3.8) is 0 Å². The highest BCUT2D eigenvalue weighted by Crippen LogP contribution is 2.20. The first kappa shape index (κ1) is 12.1. The van der Waals surface area contributed by atoms with Crippen LogP contribution < -0.4 is 5.32 Å². The van der Waals surface area contributed by atoms with E-state index in [0.29, 0.717) is 14.6 Å². The molecule has 0 bridgehead atoms. The minimum atomic E-state index is -0.202. The van der Waals surface area contributed by atoms with Crippen molar-refractivity contribution in [3.05, 3.63) is 43.1 Å². The Bertz CT molecular complexity index is 503. The normalized spacial score (nSPS) is 10.4. The molecule has 0 aliphatic rings. The van der Waals surface area contributed by atoms with Gasteiger partial charge in [0.15, 0.2) is 4.47 Å². The summed E-state index contributed by atoms with van der Waals surface area (Å²) in [6.45, 7) is 0.645. The minimum absolute atomic E-state index is 0.202. The van der Waals surface area contributed by atoms with Gasteiger partial charge in [0.2, 0.25) is 0 Å². The van der Waals surface area contributed by atoms with E-state index in [1.165, 1.54) is 17.4 Å². The standard InChI is InChI=1S/C10H7ClFIN2S/c11-10-15-5-7(16-10)4-14-6-1-2-8(12)9(13)3-6/h1-3,5,14H,4H2. The SMILES string of the molecule is Fc1ccc(NCc2cnc(Cl)s2)cc1I. The fourth-order valence-corrected chi connectivity index (χ4v) is 2.59. The number of rotatable bonds is 3. The molecule has 6 heteroatoms. The highest BCUT2D eigenvalue weighted by molar-refractivity contribution is 14.1. The van der Waals surface area contributed by atoms with Crippen LogP contribution in [0.5, 0.6) is 0 Å². The Hall–Kier alpha value is -0.400. The maximum Gasteiger partial charge on any atom is 0.183 e. The molecule has 0 spiro atoms. The molecule has 0 aliphatic carbocycles. The largest absolute Gasteiger partial charge is 0.380 e. The average molecular weight is 369 g/mol. The number of nitrogens with zero attached hydrogens (tertiary/aromatic N) is 1. The lowest BCUT2D eigenvalue weighted by Gasteiger charge is -2.05. The van der Waals surface area contributed by atoms with Gasteiger partial charge in [0.25, 0.3) is 0 Å². The molecule has 1 aromatic carbocycles. The van der Waals surface area contributed by atoms with Crippen LogP contribution in [0, 0.1) is 9.39 Å². The smallest absolute Gasteiger partial charge is 0.183 e. The van der Waals surface area contributed by atoms with E-state index in [9.17, 15) is 4.39 Å². The van der Waals surface area contributed by atoms with E-state index < -0.39 is 0 Å². The van der Waals surface area contributed by atoms with E-state index in [1.54, 1.807) is 18.3 Å². The Kier molecular flexibility index (Phi) is 3.99. The Morgan fingerprint density at radius 2 is 2.31 bits per heavy atom. The van der Waals surface area contributed by atoms with E-state index in [2.05, 4.69) is 10.3 Å². The Morgan fingerprint density at radius 1 is 1.50 bits per heavy atom. The third-order valence-corrected chi connectivity index (χ3v) is 3.85. The third-order valence-electron chi connectivity index (χ3n) is 1.91. The zero-order valence-electron chi connectivity index (χ0n) is 8.01. The molecular formula is C10H7ClFIN2S. The van der Waals surface area contributed by atoms with Gasteiger partial charge in [0, 0.05) is 16.8 Å². The number of thiazole rings is 1. The molecule has 0 radical (unpaired) electrons. The van der Waals surface area contributed by atoms with Crippen LogP contribution in [0.25, 0.3) is 0 Å². The van der Waals surface area contributed by atoms with Crippen molar-refractivity contribution in [3.8, 4) is 0 Å². The minimum Gasteiger partial charge on any atom is -0.380 e.